The maximum atomic E-state index is 7.89. The van der Waals surface area contributed by atoms with E-state index in [2.05, 4.69) is 245 Å². The van der Waals surface area contributed by atoms with E-state index in [4.69, 9.17) is 13.3 Å². The van der Waals surface area contributed by atoms with Crippen molar-refractivity contribution in [2.75, 3.05) is 13.2 Å². The predicted octanol–water partition coefficient (Wildman–Crippen LogP) is 12.2. The lowest BCUT2D eigenvalue weighted by Gasteiger charge is -2.45. The van der Waals surface area contributed by atoms with Crippen molar-refractivity contribution in [2.45, 2.75) is 108 Å². The van der Waals surface area contributed by atoms with Gasteiger partial charge < -0.3 is 13.3 Å². The molecule has 0 saturated heterocycles. The van der Waals surface area contributed by atoms with Crippen LogP contribution in [-0.2, 0) is 13.3 Å². The Bertz CT molecular complexity index is 1990. The minimum atomic E-state index is -2.90. The second-order valence-corrected chi connectivity index (χ2v) is 33.6. The minimum Gasteiger partial charge on any atom is -0.417 e. The molecule has 7 heteroatoms. The standard InChI is InChI=1S/C52H68O3SSi3/c1-50(2,3)57(10,11)53-41-39-43(55-59(52(7,8)9,48-35-23-15-24-36-48)49-37-25-16-26-38-49)42-45(56-44-28-17-12-18-29-44)30-27-40-54-58(51(4,5)6,46-31-19-13-20-32-46)47-33-21-14-22-34-47/h12-38,42-43H,39-41H2,1-11H3/b30-27+,45-42-. The van der Waals surface area contributed by atoms with Gasteiger partial charge in [0, 0.05) is 16.4 Å². The largest absolute Gasteiger partial charge is 0.417 e. The summed E-state index contributed by atoms with van der Waals surface area (Å²) in [4.78, 5) is 2.30. The van der Waals surface area contributed by atoms with Gasteiger partial charge in [-0.05, 0) is 73.6 Å². The molecule has 0 fully saturated rings. The lowest BCUT2D eigenvalue weighted by atomic mass is 10.2. The van der Waals surface area contributed by atoms with Crippen LogP contribution in [-0.4, -0.2) is 44.3 Å². The molecule has 0 radical (unpaired) electrons. The van der Waals surface area contributed by atoms with Crippen molar-refractivity contribution < 1.29 is 13.3 Å². The Morgan fingerprint density at radius 2 is 0.915 bits per heavy atom. The highest BCUT2D eigenvalue weighted by Crippen LogP contribution is 2.41. The Morgan fingerprint density at radius 3 is 1.31 bits per heavy atom. The summed E-state index contributed by atoms with van der Waals surface area (Å²) in [7, 11) is -7.63. The van der Waals surface area contributed by atoms with E-state index in [0.717, 1.165) is 11.3 Å². The van der Waals surface area contributed by atoms with E-state index >= 15 is 0 Å². The van der Waals surface area contributed by atoms with Crippen LogP contribution in [0.15, 0.2) is 180 Å². The zero-order valence-electron chi connectivity index (χ0n) is 37.5. The van der Waals surface area contributed by atoms with Gasteiger partial charge in [-0.1, -0.05) is 226 Å². The molecule has 0 spiro atoms. The van der Waals surface area contributed by atoms with Crippen LogP contribution < -0.4 is 20.7 Å². The third-order valence-corrected chi connectivity index (χ3v) is 27.5. The molecule has 0 aromatic heterocycles. The van der Waals surface area contributed by atoms with E-state index in [1.807, 2.05) is 0 Å². The number of allylic oxidation sites excluding steroid dienone is 1. The molecule has 3 nitrogen and oxygen atoms in total. The lowest BCUT2D eigenvalue weighted by molar-refractivity contribution is 0.180. The molecule has 0 N–H and O–H groups in total. The second-order valence-electron chi connectivity index (χ2n) is 19.1. The van der Waals surface area contributed by atoms with E-state index in [1.54, 1.807) is 11.8 Å². The van der Waals surface area contributed by atoms with Crippen LogP contribution in [0.1, 0.15) is 68.7 Å². The van der Waals surface area contributed by atoms with Gasteiger partial charge in [-0.2, -0.15) is 0 Å². The summed E-state index contributed by atoms with van der Waals surface area (Å²) in [6.45, 7) is 26.8. The van der Waals surface area contributed by atoms with Crippen molar-refractivity contribution in [3.05, 3.63) is 175 Å². The summed E-state index contributed by atoms with van der Waals surface area (Å²) < 4.78 is 22.1. The number of benzene rings is 5. The average Bonchev–Trinajstić information content (AvgIpc) is 3.20. The van der Waals surface area contributed by atoms with Crippen LogP contribution in [0.25, 0.3) is 0 Å². The third-order valence-electron chi connectivity index (χ3n) is 11.8. The van der Waals surface area contributed by atoms with E-state index < -0.39 is 25.0 Å². The third kappa shape index (κ3) is 11.2. The molecule has 0 aliphatic heterocycles. The summed E-state index contributed by atoms with van der Waals surface area (Å²) in [6, 6.07) is 54.4. The summed E-state index contributed by atoms with van der Waals surface area (Å²) in [5.74, 6) is 0. The number of hydrogen-bond acceptors (Lipinski definition) is 4. The summed E-state index contributed by atoms with van der Waals surface area (Å²) in [5.41, 5.74) is 0. The van der Waals surface area contributed by atoms with Crippen LogP contribution in [0.2, 0.25) is 28.2 Å². The first kappa shape index (κ1) is 46.5. The number of thioether (sulfide) groups is 1. The van der Waals surface area contributed by atoms with Gasteiger partial charge in [0.2, 0.25) is 0 Å². The van der Waals surface area contributed by atoms with Gasteiger partial charge in [-0.3, -0.25) is 0 Å². The molecular weight excluding hydrogens is 789 g/mol. The van der Waals surface area contributed by atoms with Crippen molar-refractivity contribution in [2.24, 2.45) is 0 Å². The molecule has 1 unspecified atom stereocenters. The first-order chi connectivity index (χ1) is 27.9. The van der Waals surface area contributed by atoms with Gasteiger partial charge in [0.15, 0.2) is 8.32 Å². The van der Waals surface area contributed by atoms with Crippen LogP contribution in [0.5, 0.6) is 0 Å². The number of hydrogen-bond donors (Lipinski definition) is 0. The van der Waals surface area contributed by atoms with Gasteiger partial charge in [-0.25, -0.2) is 0 Å². The number of rotatable bonds is 17. The molecule has 0 aliphatic carbocycles. The van der Waals surface area contributed by atoms with Crippen LogP contribution >= 0.6 is 11.8 Å². The normalized spacial score (nSPS) is 14.1. The maximum absolute atomic E-state index is 7.89. The summed E-state index contributed by atoms with van der Waals surface area (Å²) in [5, 5.41) is 4.93. The van der Waals surface area contributed by atoms with Gasteiger partial charge >= 0.3 is 0 Å². The molecule has 0 amide bonds. The fourth-order valence-corrected chi connectivity index (χ4v) is 18.9. The zero-order chi connectivity index (χ0) is 42.8. The molecule has 312 valence electrons. The average molecular weight is 857 g/mol. The van der Waals surface area contributed by atoms with E-state index in [1.165, 1.54) is 25.6 Å². The molecule has 0 saturated carbocycles. The molecule has 5 rings (SSSR count). The summed E-state index contributed by atoms with van der Waals surface area (Å²) in [6.07, 6.45) is 7.35. The highest BCUT2D eigenvalue weighted by atomic mass is 32.2. The molecular formula is C52H68O3SSi3. The van der Waals surface area contributed by atoms with Crippen LogP contribution in [0.3, 0.4) is 0 Å². The zero-order valence-corrected chi connectivity index (χ0v) is 41.3. The van der Waals surface area contributed by atoms with Gasteiger partial charge in [-0.15, -0.1) is 0 Å². The van der Waals surface area contributed by atoms with Gasteiger partial charge in [0.1, 0.15) is 0 Å². The topological polar surface area (TPSA) is 27.7 Å². The Kier molecular flexibility index (Phi) is 15.7. The van der Waals surface area contributed by atoms with E-state index in [9.17, 15) is 0 Å². The monoisotopic (exact) mass is 856 g/mol. The van der Waals surface area contributed by atoms with E-state index in [-0.39, 0.29) is 21.2 Å². The fourth-order valence-electron chi connectivity index (χ4n) is 7.77. The highest BCUT2D eigenvalue weighted by Gasteiger charge is 2.52. The first-order valence-electron chi connectivity index (χ1n) is 21.2. The molecule has 5 aromatic carbocycles. The predicted molar refractivity (Wildman–Crippen MR) is 263 cm³/mol. The Morgan fingerprint density at radius 1 is 0.525 bits per heavy atom. The lowest BCUT2D eigenvalue weighted by Crippen LogP contribution is -2.67. The van der Waals surface area contributed by atoms with Gasteiger partial charge in [0.05, 0.1) is 12.7 Å². The van der Waals surface area contributed by atoms with E-state index in [0.29, 0.717) is 13.2 Å². The fraction of sp³-hybridized carbons (Fsp3) is 0.346. The van der Waals surface area contributed by atoms with Crippen molar-refractivity contribution in [3.8, 4) is 0 Å². The van der Waals surface area contributed by atoms with Crippen LogP contribution in [0, 0.1) is 0 Å². The van der Waals surface area contributed by atoms with Crippen molar-refractivity contribution in [1.29, 1.82) is 0 Å². The molecule has 0 bridgehead atoms. The van der Waals surface area contributed by atoms with Crippen molar-refractivity contribution in [3.63, 3.8) is 0 Å². The molecule has 1 atom stereocenters. The smallest absolute Gasteiger partial charge is 0.261 e. The molecule has 59 heavy (non-hydrogen) atoms. The van der Waals surface area contributed by atoms with Crippen LogP contribution in [0.4, 0.5) is 0 Å². The molecule has 5 aromatic rings. The second kappa shape index (κ2) is 19.9. The minimum absolute atomic E-state index is 0.110. The molecule has 0 aliphatic rings. The molecule has 0 heterocycles. The first-order valence-corrected chi connectivity index (χ1v) is 28.7. The Hall–Kier alpha value is -3.54. The Labute approximate surface area is 364 Å². The highest BCUT2D eigenvalue weighted by molar-refractivity contribution is 8.03. The van der Waals surface area contributed by atoms with Crippen molar-refractivity contribution >= 4 is 57.5 Å². The van der Waals surface area contributed by atoms with Crippen molar-refractivity contribution in [1.82, 2.24) is 0 Å². The SMILES string of the molecule is CC(C)(C)[Si](C)(C)OCCC(/C=C(/C=C/CO[Si](c1ccccc1)(c1ccccc1)C(C)(C)C)Sc1ccccc1)O[Si](c1ccccc1)(c1ccccc1)C(C)(C)C. The maximum Gasteiger partial charge on any atom is 0.261 e. The van der Waals surface area contributed by atoms with Gasteiger partial charge in [0.25, 0.3) is 16.6 Å². The quantitative estimate of drug-likeness (QED) is 0.0529. The summed E-state index contributed by atoms with van der Waals surface area (Å²) >= 11 is 1.78. The Balaban J connectivity index is 1.61.